The molecule has 32 heavy (non-hydrogen) atoms. The average molecular weight is 441 g/mol. The zero-order valence-corrected chi connectivity index (χ0v) is 18.2. The molecule has 2 heterocycles. The second-order valence-corrected chi connectivity index (χ2v) is 8.65. The van der Waals surface area contributed by atoms with Gasteiger partial charge in [-0.15, -0.1) is 0 Å². The number of nitrogens with zero attached hydrogens (tertiary/aromatic N) is 2. The standard InChI is InChI=1S/C25H26F3N3O/c1-4-17-11-21(29-8-7-25(26,27)28)24-30-13-22(31(24)14-17)18-5-6-20(16(3)10-18)23(32)12-19-9-15(19)2/h4-6,10-11,13-15,19,29H,1,7-9,12H2,2-3H3/t15-,19+/m0/s1. The zero-order valence-electron chi connectivity index (χ0n) is 18.2. The van der Waals surface area contributed by atoms with Gasteiger partial charge in [0.15, 0.2) is 11.4 Å². The fraction of sp³-hybridized carbons (Fsp3) is 0.360. The maximum Gasteiger partial charge on any atom is 0.390 e. The van der Waals surface area contributed by atoms with Gasteiger partial charge < -0.3 is 5.32 Å². The highest BCUT2D eigenvalue weighted by atomic mass is 19.4. The molecule has 168 valence electrons. The number of imidazole rings is 1. The number of benzene rings is 1. The first-order chi connectivity index (χ1) is 15.2. The lowest BCUT2D eigenvalue weighted by atomic mass is 9.97. The second kappa shape index (κ2) is 8.45. The van der Waals surface area contributed by atoms with Crippen molar-refractivity contribution < 1.29 is 18.0 Å². The van der Waals surface area contributed by atoms with Crippen LogP contribution >= 0.6 is 0 Å². The van der Waals surface area contributed by atoms with Gasteiger partial charge in [0.1, 0.15) is 0 Å². The van der Waals surface area contributed by atoms with E-state index < -0.39 is 12.6 Å². The molecule has 1 aromatic carbocycles. The van der Waals surface area contributed by atoms with E-state index in [0.29, 0.717) is 29.6 Å². The highest BCUT2D eigenvalue weighted by Crippen LogP contribution is 2.41. The van der Waals surface area contributed by atoms with Crippen LogP contribution in [0.3, 0.4) is 0 Å². The number of hydrogen-bond donors (Lipinski definition) is 1. The Morgan fingerprint density at radius 3 is 2.72 bits per heavy atom. The Bertz CT molecular complexity index is 1180. The summed E-state index contributed by atoms with van der Waals surface area (Å²) in [6.45, 7) is 7.64. The predicted octanol–water partition coefficient (Wildman–Crippen LogP) is 6.55. The van der Waals surface area contributed by atoms with Crippen molar-refractivity contribution in [2.75, 3.05) is 11.9 Å². The Labute approximate surface area is 185 Å². The van der Waals surface area contributed by atoms with Crippen molar-refractivity contribution in [2.24, 2.45) is 11.8 Å². The normalized spacial score (nSPS) is 18.0. The third kappa shape index (κ3) is 4.71. The smallest absolute Gasteiger partial charge is 0.382 e. The molecule has 7 heteroatoms. The highest BCUT2D eigenvalue weighted by molar-refractivity contribution is 5.98. The van der Waals surface area contributed by atoms with E-state index in [4.69, 9.17) is 0 Å². The minimum Gasteiger partial charge on any atom is -0.382 e. The first kappa shape index (κ1) is 22.1. The molecule has 0 saturated heterocycles. The summed E-state index contributed by atoms with van der Waals surface area (Å²) in [5.74, 6) is 1.31. The molecule has 3 aromatic rings. The molecule has 0 aliphatic heterocycles. The number of Topliss-reactive ketones (excluding diaryl/α,β-unsaturated/α-hetero) is 1. The predicted molar refractivity (Wildman–Crippen MR) is 121 cm³/mol. The molecule has 0 amide bonds. The van der Waals surface area contributed by atoms with Gasteiger partial charge in [0.05, 0.1) is 24.0 Å². The van der Waals surface area contributed by atoms with E-state index in [1.165, 1.54) is 0 Å². The monoisotopic (exact) mass is 441 g/mol. The maximum atomic E-state index is 12.7. The fourth-order valence-electron chi connectivity index (χ4n) is 4.07. The first-order valence-corrected chi connectivity index (χ1v) is 10.7. The number of ketones is 1. The Kier molecular flexibility index (Phi) is 5.84. The molecular weight excluding hydrogens is 415 g/mol. The van der Waals surface area contributed by atoms with Crippen LogP contribution in [0.2, 0.25) is 0 Å². The number of anilines is 1. The van der Waals surface area contributed by atoms with Crippen LogP contribution in [0.4, 0.5) is 18.9 Å². The number of halogens is 3. The van der Waals surface area contributed by atoms with Crippen LogP contribution in [0, 0.1) is 18.8 Å². The van der Waals surface area contributed by atoms with Crippen molar-refractivity contribution in [3.8, 4) is 11.3 Å². The van der Waals surface area contributed by atoms with Crippen LogP contribution in [0.1, 0.15) is 47.7 Å². The lowest BCUT2D eigenvalue weighted by Crippen LogP contribution is -2.15. The summed E-state index contributed by atoms with van der Waals surface area (Å²) in [7, 11) is 0. The van der Waals surface area contributed by atoms with Gasteiger partial charge in [-0.1, -0.05) is 31.7 Å². The zero-order chi connectivity index (χ0) is 23.0. The van der Waals surface area contributed by atoms with E-state index in [1.54, 1.807) is 18.3 Å². The summed E-state index contributed by atoms with van der Waals surface area (Å²) >= 11 is 0. The topological polar surface area (TPSA) is 46.4 Å². The number of carbonyl (C=O) groups is 1. The molecule has 2 atom stereocenters. The molecule has 0 bridgehead atoms. The average Bonchev–Trinajstić information content (AvgIpc) is 3.24. The van der Waals surface area contributed by atoms with E-state index in [9.17, 15) is 18.0 Å². The minimum atomic E-state index is -4.23. The number of hydrogen-bond acceptors (Lipinski definition) is 3. The Hall–Kier alpha value is -3.09. The number of aromatic nitrogens is 2. The Balaban J connectivity index is 1.64. The van der Waals surface area contributed by atoms with Crippen LogP contribution in [-0.4, -0.2) is 27.9 Å². The molecule has 1 aliphatic rings. The number of carbonyl (C=O) groups excluding carboxylic acids is 1. The van der Waals surface area contributed by atoms with Gasteiger partial charge in [0, 0.05) is 30.3 Å². The van der Waals surface area contributed by atoms with Crippen LogP contribution in [0.5, 0.6) is 0 Å². The molecule has 1 N–H and O–H groups in total. The van der Waals surface area contributed by atoms with Crippen LogP contribution < -0.4 is 5.32 Å². The third-order valence-electron chi connectivity index (χ3n) is 6.13. The van der Waals surface area contributed by atoms with E-state index in [2.05, 4.69) is 23.8 Å². The van der Waals surface area contributed by atoms with Crippen LogP contribution in [0.25, 0.3) is 23.0 Å². The largest absolute Gasteiger partial charge is 0.390 e. The lowest BCUT2D eigenvalue weighted by Gasteiger charge is -2.12. The van der Waals surface area contributed by atoms with E-state index in [0.717, 1.165) is 34.4 Å². The molecular formula is C25H26F3N3O. The van der Waals surface area contributed by atoms with Gasteiger partial charge >= 0.3 is 6.18 Å². The molecule has 1 saturated carbocycles. The van der Waals surface area contributed by atoms with Gasteiger partial charge in [-0.3, -0.25) is 9.20 Å². The quantitative estimate of drug-likeness (QED) is 0.404. The molecule has 4 nitrogen and oxygen atoms in total. The molecule has 0 unspecified atom stereocenters. The number of rotatable bonds is 8. The van der Waals surface area contributed by atoms with Crippen molar-refractivity contribution >= 4 is 23.2 Å². The molecule has 2 aromatic heterocycles. The summed E-state index contributed by atoms with van der Waals surface area (Å²) in [6, 6.07) is 7.46. The van der Waals surface area contributed by atoms with Gasteiger partial charge in [-0.2, -0.15) is 13.2 Å². The van der Waals surface area contributed by atoms with E-state index in [-0.39, 0.29) is 12.3 Å². The number of nitrogens with one attached hydrogen (secondary N) is 1. The van der Waals surface area contributed by atoms with E-state index >= 15 is 0 Å². The molecule has 0 spiro atoms. The Morgan fingerprint density at radius 1 is 1.34 bits per heavy atom. The van der Waals surface area contributed by atoms with Gasteiger partial charge in [-0.05, 0) is 48.4 Å². The van der Waals surface area contributed by atoms with Crippen molar-refractivity contribution in [2.45, 2.75) is 39.3 Å². The number of aryl methyl sites for hydroxylation is 1. The van der Waals surface area contributed by atoms with Crippen LogP contribution in [0.15, 0.2) is 43.2 Å². The highest BCUT2D eigenvalue weighted by Gasteiger charge is 2.34. The summed E-state index contributed by atoms with van der Waals surface area (Å²) in [5, 5.41) is 2.85. The third-order valence-corrected chi connectivity index (χ3v) is 6.13. The van der Waals surface area contributed by atoms with E-state index in [1.807, 2.05) is 35.7 Å². The summed E-state index contributed by atoms with van der Waals surface area (Å²) in [4.78, 5) is 17.1. The number of fused-ring (bicyclic) bond motifs is 1. The first-order valence-electron chi connectivity index (χ1n) is 10.7. The molecule has 0 radical (unpaired) electrons. The van der Waals surface area contributed by atoms with Crippen molar-refractivity contribution in [1.82, 2.24) is 9.38 Å². The molecule has 1 fully saturated rings. The van der Waals surface area contributed by atoms with Crippen LogP contribution in [-0.2, 0) is 0 Å². The SMILES string of the molecule is C=Cc1cc(NCCC(F)(F)F)c2ncc(-c3ccc(C(=O)C[C@H]4C[C@@H]4C)c(C)c3)n2c1. The summed E-state index contributed by atoms with van der Waals surface area (Å²) in [6.07, 6.45) is 1.74. The Morgan fingerprint density at radius 2 is 2.09 bits per heavy atom. The second-order valence-electron chi connectivity index (χ2n) is 8.65. The van der Waals surface area contributed by atoms with Gasteiger partial charge in [0.2, 0.25) is 0 Å². The van der Waals surface area contributed by atoms with Gasteiger partial charge in [0.25, 0.3) is 0 Å². The number of pyridine rings is 1. The van der Waals surface area contributed by atoms with Crippen molar-refractivity contribution in [1.29, 1.82) is 0 Å². The summed E-state index contributed by atoms with van der Waals surface area (Å²) in [5.41, 5.74) is 5.12. The van der Waals surface area contributed by atoms with Crippen molar-refractivity contribution in [3.63, 3.8) is 0 Å². The molecule has 4 rings (SSSR count). The van der Waals surface area contributed by atoms with Crippen molar-refractivity contribution in [3.05, 3.63) is 59.9 Å². The fourth-order valence-corrected chi connectivity index (χ4v) is 4.07. The molecule has 1 aliphatic carbocycles. The summed E-state index contributed by atoms with van der Waals surface area (Å²) < 4.78 is 39.5. The maximum absolute atomic E-state index is 12.7. The minimum absolute atomic E-state index is 0.173. The van der Waals surface area contributed by atoms with Gasteiger partial charge in [-0.25, -0.2) is 4.98 Å². The lowest BCUT2D eigenvalue weighted by molar-refractivity contribution is -0.131. The number of alkyl halides is 3.